The molecule has 3 N–H and O–H groups in total. The molecule has 1 aromatic heterocycles. The lowest BCUT2D eigenvalue weighted by atomic mass is 10.0. The summed E-state index contributed by atoms with van der Waals surface area (Å²) in [5.41, 5.74) is 3.65. The summed E-state index contributed by atoms with van der Waals surface area (Å²) in [5.74, 6) is 7.26. The largest absolute Gasteiger partial charge is 0.439 e. The standard InChI is InChI=1S/C13H16N4O/c1-9(2)10-3-5-11(6-4-10)18-12-7-8-15-13(16-12)17-14/h3-9H,14H2,1-2H3,(H,15,16,17). The molecule has 0 amide bonds. The first-order chi connectivity index (χ1) is 8.69. The fourth-order valence-electron chi connectivity index (χ4n) is 1.51. The first-order valence-corrected chi connectivity index (χ1v) is 5.76. The van der Waals surface area contributed by atoms with Gasteiger partial charge in [0.1, 0.15) is 5.75 Å². The molecular weight excluding hydrogens is 228 g/mol. The summed E-state index contributed by atoms with van der Waals surface area (Å²) in [6.45, 7) is 4.30. The molecule has 0 aliphatic rings. The van der Waals surface area contributed by atoms with Crippen molar-refractivity contribution in [2.45, 2.75) is 19.8 Å². The highest BCUT2D eigenvalue weighted by molar-refractivity contribution is 5.33. The summed E-state index contributed by atoms with van der Waals surface area (Å²) >= 11 is 0. The van der Waals surface area contributed by atoms with Gasteiger partial charge >= 0.3 is 0 Å². The minimum absolute atomic E-state index is 0.325. The Hall–Kier alpha value is -2.14. The minimum atomic E-state index is 0.325. The van der Waals surface area contributed by atoms with Gasteiger partial charge in [-0.05, 0) is 23.6 Å². The van der Waals surface area contributed by atoms with Crippen molar-refractivity contribution >= 4 is 5.95 Å². The molecule has 18 heavy (non-hydrogen) atoms. The van der Waals surface area contributed by atoms with Crippen LogP contribution >= 0.6 is 0 Å². The lowest BCUT2D eigenvalue weighted by Gasteiger charge is -2.08. The lowest BCUT2D eigenvalue weighted by Crippen LogP contribution is -2.10. The number of hydrazine groups is 1. The van der Waals surface area contributed by atoms with E-state index in [1.165, 1.54) is 5.56 Å². The van der Waals surface area contributed by atoms with Crippen LogP contribution in [0.15, 0.2) is 36.5 Å². The van der Waals surface area contributed by atoms with E-state index in [1.54, 1.807) is 12.3 Å². The highest BCUT2D eigenvalue weighted by Gasteiger charge is 2.02. The molecule has 5 heteroatoms. The fourth-order valence-corrected chi connectivity index (χ4v) is 1.51. The Bertz CT molecular complexity index is 511. The quantitative estimate of drug-likeness (QED) is 0.639. The average molecular weight is 244 g/mol. The Labute approximate surface area is 106 Å². The van der Waals surface area contributed by atoms with Crippen molar-refractivity contribution in [2.75, 3.05) is 5.43 Å². The Morgan fingerprint density at radius 3 is 2.50 bits per heavy atom. The third kappa shape index (κ3) is 2.95. The van der Waals surface area contributed by atoms with Crippen LogP contribution in [0.2, 0.25) is 0 Å². The zero-order chi connectivity index (χ0) is 13.0. The van der Waals surface area contributed by atoms with E-state index >= 15 is 0 Å². The maximum absolute atomic E-state index is 5.61. The molecule has 0 saturated carbocycles. The lowest BCUT2D eigenvalue weighted by molar-refractivity contribution is 0.462. The Morgan fingerprint density at radius 2 is 1.89 bits per heavy atom. The van der Waals surface area contributed by atoms with Gasteiger partial charge in [-0.25, -0.2) is 10.8 Å². The van der Waals surface area contributed by atoms with Crippen molar-refractivity contribution in [2.24, 2.45) is 5.84 Å². The smallest absolute Gasteiger partial charge is 0.240 e. The number of hydrogen-bond acceptors (Lipinski definition) is 5. The van der Waals surface area contributed by atoms with E-state index in [-0.39, 0.29) is 0 Å². The summed E-state index contributed by atoms with van der Waals surface area (Å²) < 4.78 is 5.61. The van der Waals surface area contributed by atoms with Crippen LogP contribution in [0.4, 0.5) is 5.95 Å². The van der Waals surface area contributed by atoms with E-state index < -0.39 is 0 Å². The molecule has 0 saturated heterocycles. The molecule has 1 aromatic carbocycles. The van der Waals surface area contributed by atoms with Gasteiger partial charge in [-0.15, -0.1) is 0 Å². The molecule has 0 spiro atoms. The third-order valence-corrected chi connectivity index (χ3v) is 2.53. The zero-order valence-corrected chi connectivity index (χ0v) is 10.4. The summed E-state index contributed by atoms with van der Waals surface area (Å²) in [4.78, 5) is 7.98. The molecule has 5 nitrogen and oxygen atoms in total. The minimum Gasteiger partial charge on any atom is -0.439 e. The average Bonchev–Trinajstić information content (AvgIpc) is 2.39. The normalized spacial score (nSPS) is 10.4. The van der Waals surface area contributed by atoms with Crippen molar-refractivity contribution in [3.8, 4) is 11.6 Å². The van der Waals surface area contributed by atoms with Gasteiger partial charge in [0, 0.05) is 12.3 Å². The van der Waals surface area contributed by atoms with Gasteiger partial charge in [0.05, 0.1) is 0 Å². The van der Waals surface area contributed by atoms with Crippen molar-refractivity contribution in [3.63, 3.8) is 0 Å². The van der Waals surface area contributed by atoms with E-state index in [4.69, 9.17) is 10.6 Å². The highest BCUT2D eigenvalue weighted by Crippen LogP contribution is 2.22. The number of nitrogens with two attached hydrogens (primary N) is 1. The summed E-state index contributed by atoms with van der Waals surface area (Å²) in [7, 11) is 0. The van der Waals surface area contributed by atoms with Crippen LogP contribution in [0.5, 0.6) is 11.6 Å². The number of ether oxygens (including phenoxy) is 1. The Balaban J connectivity index is 2.13. The summed E-state index contributed by atoms with van der Waals surface area (Å²) in [5, 5.41) is 0. The predicted molar refractivity (Wildman–Crippen MR) is 70.4 cm³/mol. The maximum Gasteiger partial charge on any atom is 0.240 e. The van der Waals surface area contributed by atoms with Crippen molar-refractivity contribution in [1.82, 2.24) is 9.97 Å². The molecule has 2 aromatic rings. The molecule has 0 bridgehead atoms. The molecular formula is C13H16N4O. The second kappa shape index (κ2) is 5.46. The number of nitrogens with one attached hydrogen (secondary N) is 1. The topological polar surface area (TPSA) is 73.1 Å². The van der Waals surface area contributed by atoms with E-state index in [0.29, 0.717) is 17.7 Å². The second-order valence-corrected chi connectivity index (χ2v) is 4.19. The number of hydrogen-bond donors (Lipinski definition) is 2. The monoisotopic (exact) mass is 244 g/mol. The van der Waals surface area contributed by atoms with Gasteiger partial charge in [0.2, 0.25) is 11.8 Å². The SMILES string of the molecule is CC(C)c1ccc(Oc2ccnc(NN)n2)cc1. The van der Waals surface area contributed by atoms with E-state index in [9.17, 15) is 0 Å². The fraction of sp³-hybridized carbons (Fsp3) is 0.231. The zero-order valence-electron chi connectivity index (χ0n) is 10.4. The van der Waals surface area contributed by atoms with E-state index in [1.807, 2.05) is 24.3 Å². The third-order valence-electron chi connectivity index (χ3n) is 2.53. The van der Waals surface area contributed by atoms with Gasteiger partial charge in [-0.3, -0.25) is 5.43 Å². The molecule has 0 atom stereocenters. The van der Waals surface area contributed by atoms with Gasteiger partial charge in [-0.1, -0.05) is 26.0 Å². The number of aromatic nitrogens is 2. The van der Waals surface area contributed by atoms with Gasteiger partial charge in [0.15, 0.2) is 0 Å². The number of rotatable bonds is 4. The molecule has 0 fully saturated rings. The Morgan fingerprint density at radius 1 is 1.17 bits per heavy atom. The molecule has 2 rings (SSSR count). The van der Waals surface area contributed by atoms with Crippen LogP contribution in [-0.2, 0) is 0 Å². The summed E-state index contributed by atoms with van der Waals surface area (Å²) in [6, 6.07) is 9.61. The van der Waals surface area contributed by atoms with Crippen LogP contribution in [0.1, 0.15) is 25.3 Å². The van der Waals surface area contributed by atoms with Gasteiger partial charge in [0.25, 0.3) is 0 Å². The van der Waals surface area contributed by atoms with Crippen LogP contribution in [0.25, 0.3) is 0 Å². The summed E-state index contributed by atoms with van der Waals surface area (Å²) in [6.07, 6.45) is 1.58. The maximum atomic E-state index is 5.61. The van der Waals surface area contributed by atoms with Crippen LogP contribution < -0.4 is 16.0 Å². The first kappa shape index (κ1) is 12.3. The predicted octanol–water partition coefficient (Wildman–Crippen LogP) is 2.68. The Kier molecular flexibility index (Phi) is 3.74. The van der Waals surface area contributed by atoms with Crippen LogP contribution in [-0.4, -0.2) is 9.97 Å². The molecule has 0 radical (unpaired) electrons. The second-order valence-electron chi connectivity index (χ2n) is 4.19. The number of anilines is 1. The van der Waals surface area contributed by atoms with Crippen molar-refractivity contribution in [3.05, 3.63) is 42.1 Å². The van der Waals surface area contributed by atoms with Gasteiger partial charge in [-0.2, -0.15) is 4.98 Å². The molecule has 0 aliphatic heterocycles. The van der Waals surface area contributed by atoms with E-state index in [0.717, 1.165) is 5.75 Å². The van der Waals surface area contributed by atoms with Gasteiger partial charge < -0.3 is 4.74 Å². The highest BCUT2D eigenvalue weighted by atomic mass is 16.5. The number of benzene rings is 1. The molecule has 0 aliphatic carbocycles. The van der Waals surface area contributed by atoms with Crippen molar-refractivity contribution < 1.29 is 4.74 Å². The molecule has 1 heterocycles. The van der Waals surface area contributed by atoms with E-state index in [2.05, 4.69) is 29.2 Å². The van der Waals surface area contributed by atoms with Crippen LogP contribution in [0.3, 0.4) is 0 Å². The number of nitrogens with zero attached hydrogens (tertiary/aromatic N) is 2. The van der Waals surface area contributed by atoms with Crippen LogP contribution in [0, 0.1) is 0 Å². The molecule has 0 unspecified atom stereocenters. The first-order valence-electron chi connectivity index (χ1n) is 5.76. The molecule has 94 valence electrons. The van der Waals surface area contributed by atoms with Crippen molar-refractivity contribution in [1.29, 1.82) is 0 Å². The number of nitrogen functional groups attached to an aromatic ring is 1.